The van der Waals surface area contributed by atoms with Gasteiger partial charge in [0.1, 0.15) is 0 Å². The second kappa shape index (κ2) is 5.44. The molecule has 1 aliphatic carbocycles. The van der Waals surface area contributed by atoms with Crippen LogP contribution in [0.1, 0.15) is 76.0 Å². The van der Waals surface area contributed by atoms with E-state index in [2.05, 4.69) is 45.0 Å². The van der Waals surface area contributed by atoms with E-state index in [9.17, 15) is 5.11 Å². The lowest BCUT2D eigenvalue weighted by atomic mass is 9.81. The molecule has 1 aromatic carbocycles. The topological polar surface area (TPSA) is 20.2 Å². The Hall–Kier alpha value is -0.820. The second-order valence-electron chi connectivity index (χ2n) is 6.77. The summed E-state index contributed by atoms with van der Waals surface area (Å²) in [6.45, 7) is 6.23. The third-order valence-electron chi connectivity index (χ3n) is 4.15. The van der Waals surface area contributed by atoms with Crippen molar-refractivity contribution in [1.29, 1.82) is 0 Å². The second-order valence-corrected chi connectivity index (χ2v) is 6.77. The van der Waals surface area contributed by atoms with Crippen LogP contribution in [0.5, 0.6) is 0 Å². The molecule has 1 fully saturated rings. The van der Waals surface area contributed by atoms with Crippen LogP contribution < -0.4 is 0 Å². The Morgan fingerprint density at radius 2 is 1.56 bits per heavy atom. The van der Waals surface area contributed by atoms with Crippen molar-refractivity contribution in [2.45, 2.75) is 64.9 Å². The molecule has 100 valence electrons. The summed E-state index contributed by atoms with van der Waals surface area (Å²) in [5.41, 5.74) is 2.41. The molecule has 2 rings (SSSR count). The lowest BCUT2D eigenvalue weighted by Gasteiger charge is -2.27. The van der Waals surface area contributed by atoms with Gasteiger partial charge in [-0.15, -0.1) is 0 Å². The largest absolute Gasteiger partial charge is 0.388 e. The summed E-state index contributed by atoms with van der Waals surface area (Å²) < 4.78 is 0. The summed E-state index contributed by atoms with van der Waals surface area (Å²) in [5.74, 6) is 0.750. The van der Waals surface area contributed by atoms with E-state index in [0.717, 1.165) is 11.5 Å². The molecule has 0 aromatic heterocycles. The first-order chi connectivity index (χ1) is 8.48. The van der Waals surface area contributed by atoms with Crippen LogP contribution in [0.2, 0.25) is 0 Å². The molecule has 1 saturated carbocycles. The highest BCUT2D eigenvalue weighted by atomic mass is 16.3. The highest BCUT2D eigenvalue weighted by Gasteiger charge is 2.24. The molecule has 1 aromatic rings. The molecule has 0 bridgehead atoms. The van der Waals surface area contributed by atoms with Gasteiger partial charge < -0.3 is 5.11 Å². The van der Waals surface area contributed by atoms with Gasteiger partial charge in [-0.1, -0.05) is 64.3 Å². The fourth-order valence-electron chi connectivity index (χ4n) is 2.89. The van der Waals surface area contributed by atoms with Gasteiger partial charge in [0, 0.05) is 0 Å². The number of hydrogen-bond donors (Lipinski definition) is 1. The van der Waals surface area contributed by atoms with Crippen LogP contribution in [0.25, 0.3) is 0 Å². The summed E-state index contributed by atoms with van der Waals surface area (Å²) in [5, 5.41) is 10.3. The third kappa shape index (κ3) is 3.14. The lowest BCUT2D eigenvalue weighted by molar-refractivity contribution is 0.0626. The molecule has 0 heterocycles. The molecule has 0 radical (unpaired) electrons. The van der Waals surface area contributed by atoms with E-state index in [4.69, 9.17) is 0 Å². The Balaban J connectivity index is 2.09. The van der Waals surface area contributed by atoms with Crippen molar-refractivity contribution in [2.24, 2.45) is 5.41 Å². The maximum Gasteiger partial charge on any atom is 0.0838 e. The molecule has 1 nitrogen and oxygen atoms in total. The van der Waals surface area contributed by atoms with Gasteiger partial charge in [-0.05, 0) is 35.3 Å². The fourth-order valence-corrected chi connectivity index (χ4v) is 2.89. The maximum atomic E-state index is 10.3. The molecule has 18 heavy (non-hydrogen) atoms. The molecule has 1 unspecified atom stereocenters. The predicted molar refractivity (Wildman–Crippen MR) is 76.7 cm³/mol. The Morgan fingerprint density at radius 1 is 1.00 bits per heavy atom. The van der Waals surface area contributed by atoms with Crippen molar-refractivity contribution < 1.29 is 5.11 Å². The molecule has 0 saturated heterocycles. The fraction of sp³-hybridized carbons (Fsp3) is 0.647. The number of rotatable bonds is 2. The van der Waals surface area contributed by atoms with Gasteiger partial charge in [0.25, 0.3) is 0 Å². The summed E-state index contributed by atoms with van der Waals surface area (Å²) >= 11 is 0. The Labute approximate surface area is 111 Å². The minimum atomic E-state index is -0.377. The average molecular weight is 246 g/mol. The van der Waals surface area contributed by atoms with E-state index in [0.29, 0.717) is 0 Å². The first-order valence-corrected chi connectivity index (χ1v) is 7.26. The molecular weight excluding hydrogens is 220 g/mol. The van der Waals surface area contributed by atoms with Crippen molar-refractivity contribution in [2.75, 3.05) is 0 Å². The van der Waals surface area contributed by atoms with Crippen molar-refractivity contribution in [3.05, 3.63) is 35.4 Å². The molecule has 0 amide bonds. The summed E-state index contributed by atoms with van der Waals surface area (Å²) in [7, 11) is 0. The van der Waals surface area contributed by atoms with Gasteiger partial charge >= 0.3 is 0 Å². The van der Waals surface area contributed by atoms with E-state index < -0.39 is 0 Å². The smallest absolute Gasteiger partial charge is 0.0838 e. The van der Waals surface area contributed by atoms with Crippen LogP contribution >= 0.6 is 0 Å². The van der Waals surface area contributed by atoms with Crippen molar-refractivity contribution >= 4 is 0 Å². The van der Waals surface area contributed by atoms with Gasteiger partial charge in [-0.25, -0.2) is 0 Å². The summed E-state index contributed by atoms with van der Waals surface area (Å²) in [4.78, 5) is 0. The van der Waals surface area contributed by atoms with Gasteiger partial charge in [-0.2, -0.15) is 0 Å². The highest BCUT2D eigenvalue weighted by molar-refractivity contribution is 5.27. The van der Waals surface area contributed by atoms with Crippen LogP contribution in [-0.4, -0.2) is 5.11 Å². The Kier molecular flexibility index (Phi) is 4.11. The lowest BCUT2D eigenvalue weighted by Crippen LogP contribution is -2.17. The zero-order valence-electron chi connectivity index (χ0n) is 11.9. The quantitative estimate of drug-likeness (QED) is 0.793. The van der Waals surface area contributed by atoms with Gasteiger partial charge in [0.15, 0.2) is 0 Å². The SMILES string of the molecule is CC(C)(C)C(O)c1ccc(C2CCCCC2)cc1. The van der Waals surface area contributed by atoms with Gasteiger partial charge in [-0.3, -0.25) is 0 Å². The zero-order chi connectivity index (χ0) is 13.2. The molecule has 1 N–H and O–H groups in total. The maximum absolute atomic E-state index is 10.3. The average Bonchev–Trinajstić information content (AvgIpc) is 2.38. The van der Waals surface area contributed by atoms with Crippen molar-refractivity contribution in [1.82, 2.24) is 0 Å². The molecule has 1 heteroatoms. The molecule has 0 spiro atoms. The predicted octanol–water partition coefficient (Wildman–Crippen LogP) is 4.81. The van der Waals surface area contributed by atoms with Crippen LogP contribution in [-0.2, 0) is 0 Å². The number of aliphatic hydroxyl groups excluding tert-OH is 1. The normalized spacial score (nSPS) is 19.8. The van der Waals surface area contributed by atoms with E-state index in [1.54, 1.807) is 0 Å². The van der Waals surface area contributed by atoms with E-state index in [1.165, 1.54) is 37.7 Å². The molecular formula is C17H26O. The molecule has 0 aliphatic heterocycles. The van der Waals surface area contributed by atoms with Crippen molar-refractivity contribution in [3.8, 4) is 0 Å². The van der Waals surface area contributed by atoms with Gasteiger partial charge in [0.05, 0.1) is 6.10 Å². The third-order valence-corrected chi connectivity index (χ3v) is 4.15. The van der Waals surface area contributed by atoms with Crippen molar-refractivity contribution in [3.63, 3.8) is 0 Å². The van der Waals surface area contributed by atoms with Gasteiger partial charge in [0.2, 0.25) is 0 Å². The van der Waals surface area contributed by atoms with E-state index in [1.807, 2.05) is 0 Å². The van der Waals surface area contributed by atoms with E-state index in [-0.39, 0.29) is 11.5 Å². The minimum Gasteiger partial charge on any atom is -0.388 e. The molecule has 1 atom stereocenters. The summed E-state index contributed by atoms with van der Waals surface area (Å²) in [6, 6.07) is 8.67. The highest BCUT2D eigenvalue weighted by Crippen LogP contribution is 2.35. The minimum absolute atomic E-state index is 0.0909. The van der Waals surface area contributed by atoms with Crippen LogP contribution in [0, 0.1) is 5.41 Å². The zero-order valence-corrected chi connectivity index (χ0v) is 11.9. The first kappa shape index (κ1) is 13.6. The van der Waals surface area contributed by atoms with Crippen LogP contribution in [0.3, 0.4) is 0 Å². The number of aliphatic hydroxyl groups is 1. The summed E-state index contributed by atoms with van der Waals surface area (Å²) in [6.07, 6.45) is 6.44. The standard InChI is InChI=1S/C17H26O/c1-17(2,3)16(18)15-11-9-14(10-12-15)13-7-5-4-6-8-13/h9-13,16,18H,4-8H2,1-3H3. The Morgan fingerprint density at radius 3 is 2.06 bits per heavy atom. The number of benzene rings is 1. The van der Waals surface area contributed by atoms with E-state index >= 15 is 0 Å². The molecule has 1 aliphatic rings. The Bertz CT molecular complexity index is 366. The van der Waals surface area contributed by atoms with Crippen LogP contribution in [0.4, 0.5) is 0 Å². The number of hydrogen-bond acceptors (Lipinski definition) is 1. The first-order valence-electron chi connectivity index (χ1n) is 7.26. The van der Waals surface area contributed by atoms with Crippen LogP contribution in [0.15, 0.2) is 24.3 Å². The monoisotopic (exact) mass is 246 g/mol.